The first kappa shape index (κ1) is 19.6. The van der Waals surface area contributed by atoms with Crippen LogP contribution in [0.1, 0.15) is 16.6 Å². The number of nitrogens with zero attached hydrogens (tertiary/aromatic N) is 2. The number of amides is 1. The lowest BCUT2D eigenvalue weighted by Gasteiger charge is -2.06. The summed E-state index contributed by atoms with van der Waals surface area (Å²) in [5, 5.41) is 0.841. The molecule has 0 aliphatic carbocycles. The zero-order valence-corrected chi connectivity index (χ0v) is 18.0. The maximum Gasteiger partial charge on any atom is 0.326 e. The van der Waals surface area contributed by atoms with Gasteiger partial charge in [0.1, 0.15) is 6.54 Å². The number of benzene rings is 1. The Morgan fingerprint density at radius 3 is 2.69 bits per heavy atom. The zero-order chi connectivity index (χ0) is 18.8. The number of thiazole rings is 1. The Labute approximate surface area is 175 Å². The fraction of sp³-hybridized carbons (Fsp3) is 0.188. The highest BCUT2D eigenvalue weighted by Gasteiger charge is 2.16. The lowest BCUT2D eigenvalue weighted by molar-refractivity contribution is -0.143. The number of thiophene rings is 1. The standard InChI is InChI=1S/C16H11BrCl2N2O3S2/c1-2-24-13(22)7-21-14-9(19)5-8(18)6-11(14)26-16(21)20-15(23)10-3-4-12(17)25-10/h3-6H,2,7H2,1H3. The number of aromatic nitrogens is 1. The largest absolute Gasteiger partial charge is 0.465 e. The quantitative estimate of drug-likeness (QED) is 0.473. The molecule has 0 aliphatic heterocycles. The van der Waals surface area contributed by atoms with E-state index in [-0.39, 0.29) is 13.2 Å². The van der Waals surface area contributed by atoms with Gasteiger partial charge in [0.15, 0.2) is 4.80 Å². The normalized spacial score (nSPS) is 11.9. The summed E-state index contributed by atoms with van der Waals surface area (Å²) in [6.07, 6.45) is 0. The van der Waals surface area contributed by atoms with Gasteiger partial charge in [0.05, 0.1) is 30.5 Å². The van der Waals surface area contributed by atoms with Crippen LogP contribution >= 0.6 is 61.8 Å². The van der Waals surface area contributed by atoms with E-state index in [0.29, 0.717) is 25.2 Å². The minimum Gasteiger partial charge on any atom is -0.465 e. The molecule has 0 atom stereocenters. The molecule has 0 spiro atoms. The van der Waals surface area contributed by atoms with Crippen molar-refractivity contribution >= 4 is 83.9 Å². The average molecular weight is 494 g/mol. The topological polar surface area (TPSA) is 60.7 Å². The van der Waals surface area contributed by atoms with Crippen LogP contribution in [0.5, 0.6) is 0 Å². The van der Waals surface area contributed by atoms with Crippen LogP contribution in [0.4, 0.5) is 0 Å². The van der Waals surface area contributed by atoms with Gasteiger partial charge in [-0.25, -0.2) is 0 Å². The Morgan fingerprint density at radius 1 is 1.27 bits per heavy atom. The SMILES string of the molecule is CCOC(=O)Cn1c(=NC(=O)c2ccc(Br)s2)sc2cc(Cl)cc(Cl)c21. The van der Waals surface area contributed by atoms with Crippen molar-refractivity contribution in [3.63, 3.8) is 0 Å². The van der Waals surface area contributed by atoms with Gasteiger partial charge in [-0.1, -0.05) is 34.5 Å². The van der Waals surface area contributed by atoms with E-state index in [9.17, 15) is 9.59 Å². The molecule has 0 N–H and O–H groups in total. The highest BCUT2D eigenvalue weighted by Crippen LogP contribution is 2.30. The average Bonchev–Trinajstić information content (AvgIpc) is 3.12. The van der Waals surface area contributed by atoms with Crippen molar-refractivity contribution in [2.24, 2.45) is 4.99 Å². The molecule has 0 unspecified atom stereocenters. The van der Waals surface area contributed by atoms with E-state index in [1.165, 1.54) is 22.7 Å². The van der Waals surface area contributed by atoms with Gasteiger partial charge in [0, 0.05) is 5.02 Å². The Kier molecular flexibility index (Phi) is 6.19. The van der Waals surface area contributed by atoms with Gasteiger partial charge in [-0.3, -0.25) is 9.59 Å². The summed E-state index contributed by atoms with van der Waals surface area (Å²) in [5.74, 6) is -0.835. The van der Waals surface area contributed by atoms with Gasteiger partial charge in [0.2, 0.25) is 0 Å². The number of carbonyl (C=O) groups is 2. The smallest absolute Gasteiger partial charge is 0.326 e. The van der Waals surface area contributed by atoms with E-state index >= 15 is 0 Å². The first-order valence-electron chi connectivity index (χ1n) is 7.37. The second-order valence-electron chi connectivity index (χ2n) is 5.03. The molecule has 0 fully saturated rings. The van der Waals surface area contributed by atoms with Crippen molar-refractivity contribution in [1.29, 1.82) is 0 Å². The van der Waals surface area contributed by atoms with Gasteiger partial charge >= 0.3 is 5.97 Å². The number of halogens is 3. The molecule has 10 heteroatoms. The van der Waals surface area contributed by atoms with Crippen molar-refractivity contribution in [3.8, 4) is 0 Å². The molecule has 0 radical (unpaired) electrons. The van der Waals surface area contributed by atoms with Crippen molar-refractivity contribution in [2.45, 2.75) is 13.5 Å². The molecule has 136 valence electrons. The zero-order valence-electron chi connectivity index (χ0n) is 13.3. The van der Waals surface area contributed by atoms with Crippen molar-refractivity contribution < 1.29 is 14.3 Å². The predicted molar refractivity (Wildman–Crippen MR) is 108 cm³/mol. The van der Waals surface area contributed by atoms with Crippen molar-refractivity contribution in [3.05, 3.63) is 47.8 Å². The summed E-state index contributed by atoms with van der Waals surface area (Å²) in [6.45, 7) is 1.88. The van der Waals surface area contributed by atoms with Crippen molar-refractivity contribution in [2.75, 3.05) is 6.61 Å². The van der Waals surface area contributed by atoms with Crippen LogP contribution in [-0.4, -0.2) is 23.1 Å². The number of hydrogen-bond acceptors (Lipinski definition) is 5. The first-order chi connectivity index (χ1) is 12.4. The maximum atomic E-state index is 12.5. The number of carbonyl (C=O) groups excluding carboxylic acids is 2. The minimum atomic E-state index is -0.439. The second kappa shape index (κ2) is 8.22. The lowest BCUT2D eigenvalue weighted by atomic mass is 10.3. The fourth-order valence-corrected chi connectivity index (χ4v) is 5.35. The van der Waals surface area contributed by atoms with E-state index in [1.807, 2.05) is 0 Å². The Balaban J connectivity index is 2.16. The van der Waals surface area contributed by atoms with Crippen LogP contribution in [0.2, 0.25) is 10.0 Å². The van der Waals surface area contributed by atoms with Crippen LogP contribution < -0.4 is 4.80 Å². The fourth-order valence-electron chi connectivity index (χ4n) is 2.27. The molecular formula is C16H11BrCl2N2O3S2. The molecule has 3 rings (SSSR count). The Hall–Kier alpha value is -1.19. The van der Waals surface area contributed by atoms with Crippen LogP contribution in [0.15, 0.2) is 33.0 Å². The summed E-state index contributed by atoms with van der Waals surface area (Å²) in [7, 11) is 0. The molecule has 1 amide bonds. The second-order valence-corrected chi connectivity index (χ2v) is 9.35. The van der Waals surface area contributed by atoms with Crippen LogP contribution in [0.3, 0.4) is 0 Å². The van der Waals surface area contributed by atoms with E-state index < -0.39 is 11.9 Å². The molecule has 0 saturated heterocycles. The first-order valence-corrected chi connectivity index (χ1v) is 10.6. The molecule has 2 aromatic heterocycles. The number of fused-ring (bicyclic) bond motifs is 1. The summed E-state index contributed by atoms with van der Waals surface area (Å²) < 4.78 is 8.16. The van der Waals surface area contributed by atoms with Crippen LogP contribution in [-0.2, 0) is 16.1 Å². The summed E-state index contributed by atoms with van der Waals surface area (Å²) >= 11 is 18.2. The van der Waals surface area contributed by atoms with E-state index in [0.717, 1.165) is 8.49 Å². The Bertz CT molecular complexity index is 1070. The van der Waals surface area contributed by atoms with Gasteiger partial charge in [-0.15, -0.1) is 11.3 Å². The number of ether oxygens (including phenoxy) is 1. The van der Waals surface area contributed by atoms with E-state index in [2.05, 4.69) is 20.9 Å². The maximum absolute atomic E-state index is 12.5. The van der Waals surface area contributed by atoms with Gasteiger partial charge in [-0.2, -0.15) is 4.99 Å². The summed E-state index contributed by atoms with van der Waals surface area (Å²) in [5.41, 5.74) is 0.591. The molecule has 0 aliphatic rings. The van der Waals surface area contributed by atoms with Crippen LogP contribution in [0.25, 0.3) is 10.2 Å². The molecule has 2 heterocycles. The molecule has 0 bridgehead atoms. The third-order valence-electron chi connectivity index (χ3n) is 3.27. The molecular weight excluding hydrogens is 483 g/mol. The predicted octanol–water partition coefficient (Wildman–Crippen LogP) is 5.14. The molecule has 26 heavy (non-hydrogen) atoms. The minimum absolute atomic E-state index is 0.102. The third kappa shape index (κ3) is 4.20. The van der Waals surface area contributed by atoms with Gasteiger partial charge < -0.3 is 9.30 Å². The van der Waals surface area contributed by atoms with Crippen molar-refractivity contribution in [1.82, 2.24) is 4.57 Å². The van der Waals surface area contributed by atoms with E-state index in [1.54, 1.807) is 35.8 Å². The monoisotopic (exact) mass is 492 g/mol. The Morgan fingerprint density at radius 2 is 2.04 bits per heavy atom. The van der Waals surface area contributed by atoms with E-state index in [4.69, 9.17) is 27.9 Å². The van der Waals surface area contributed by atoms with Crippen LogP contribution in [0, 0.1) is 0 Å². The molecule has 3 aromatic rings. The lowest BCUT2D eigenvalue weighted by Crippen LogP contribution is -2.23. The highest BCUT2D eigenvalue weighted by molar-refractivity contribution is 9.11. The molecule has 0 saturated carbocycles. The number of esters is 1. The summed E-state index contributed by atoms with van der Waals surface area (Å²) in [4.78, 5) is 29.5. The third-order valence-corrected chi connectivity index (χ3v) is 6.41. The highest BCUT2D eigenvalue weighted by atomic mass is 79.9. The summed E-state index contributed by atoms with van der Waals surface area (Å²) in [6, 6.07) is 6.78. The van der Waals surface area contributed by atoms with Gasteiger partial charge in [-0.05, 0) is 47.1 Å². The van der Waals surface area contributed by atoms with Gasteiger partial charge in [0.25, 0.3) is 5.91 Å². The molecule has 1 aromatic carbocycles. The molecule has 5 nitrogen and oxygen atoms in total. The number of rotatable bonds is 4. The number of hydrogen-bond donors (Lipinski definition) is 0.